The predicted octanol–water partition coefficient (Wildman–Crippen LogP) is 3.56. The van der Waals surface area contributed by atoms with Gasteiger partial charge in [0.15, 0.2) is 18.2 Å². The third-order valence-corrected chi connectivity index (χ3v) is 4.20. The van der Waals surface area contributed by atoms with Crippen molar-refractivity contribution in [1.82, 2.24) is 14.4 Å². The standard InChI is InChI=1S/C21H17FN4O3/c1-28-19-8-7-14(17-12-26-10-4-9-23-21(26)25-17)11-16(19)24-20(27)13-29-18-6-3-2-5-15(18)22/h2-12H,13H2,1H3,(H,24,27). The van der Waals surface area contributed by atoms with Crippen molar-refractivity contribution in [2.24, 2.45) is 0 Å². The van der Waals surface area contributed by atoms with Gasteiger partial charge in [-0.15, -0.1) is 0 Å². The number of para-hydroxylation sites is 1. The van der Waals surface area contributed by atoms with Gasteiger partial charge in [0.2, 0.25) is 5.78 Å². The monoisotopic (exact) mass is 392 g/mol. The summed E-state index contributed by atoms with van der Waals surface area (Å²) in [5.41, 5.74) is 1.93. The van der Waals surface area contributed by atoms with E-state index in [1.807, 2.05) is 24.5 Å². The molecule has 4 aromatic rings. The van der Waals surface area contributed by atoms with E-state index in [1.165, 1.54) is 19.2 Å². The molecule has 0 saturated carbocycles. The normalized spacial score (nSPS) is 10.7. The Balaban J connectivity index is 1.53. The lowest BCUT2D eigenvalue weighted by Crippen LogP contribution is -2.20. The van der Waals surface area contributed by atoms with Crippen molar-refractivity contribution in [2.75, 3.05) is 19.0 Å². The smallest absolute Gasteiger partial charge is 0.262 e. The molecular formula is C21H17FN4O3. The lowest BCUT2D eigenvalue weighted by molar-refractivity contribution is -0.118. The highest BCUT2D eigenvalue weighted by Crippen LogP contribution is 2.30. The lowest BCUT2D eigenvalue weighted by Gasteiger charge is -2.12. The van der Waals surface area contributed by atoms with Gasteiger partial charge in [0.25, 0.3) is 5.91 Å². The van der Waals surface area contributed by atoms with Crippen LogP contribution in [0.25, 0.3) is 17.0 Å². The third kappa shape index (κ3) is 4.01. The van der Waals surface area contributed by atoms with Gasteiger partial charge in [0.05, 0.1) is 18.5 Å². The average molecular weight is 392 g/mol. The SMILES string of the molecule is COc1ccc(-c2cn3cccnc3n2)cc1NC(=O)COc1ccccc1F. The highest BCUT2D eigenvalue weighted by Gasteiger charge is 2.13. The number of carbonyl (C=O) groups excluding carboxylic acids is 1. The van der Waals surface area contributed by atoms with Gasteiger partial charge in [-0.1, -0.05) is 12.1 Å². The molecule has 0 aliphatic rings. The molecule has 0 saturated heterocycles. The lowest BCUT2D eigenvalue weighted by atomic mass is 10.1. The molecule has 1 N–H and O–H groups in total. The molecule has 0 aliphatic carbocycles. The van der Waals surface area contributed by atoms with Crippen molar-refractivity contribution < 1.29 is 18.7 Å². The number of nitrogens with zero attached hydrogens (tertiary/aromatic N) is 3. The van der Waals surface area contributed by atoms with E-state index >= 15 is 0 Å². The number of halogens is 1. The summed E-state index contributed by atoms with van der Waals surface area (Å²) in [4.78, 5) is 21.0. The first-order valence-corrected chi connectivity index (χ1v) is 8.79. The van der Waals surface area contributed by atoms with Crippen LogP contribution in [0.15, 0.2) is 67.1 Å². The molecular weight excluding hydrogens is 375 g/mol. The number of hydrogen-bond acceptors (Lipinski definition) is 5. The molecule has 0 fully saturated rings. The molecule has 4 rings (SSSR count). The minimum absolute atomic E-state index is 0.0144. The molecule has 29 heavy (non-hydrogen) atoms. The maximum absolute atomic E-state index is 13.6. The van der Waals surface area contributed by atoms with E-state index in [2.05, 4.69) is 15.3 Å². The molecule has 0 unspecified atom stereocenters. The van der Waals surface area contributed by atoms with Crippen LogP contribution in [0.2, 0.25) is 0 Å². The molecule has 146 valence electrons. The van der Waals surface area contributed by atoms with Gasteiger partial charge >= 0.3 is 0 Å². The topological polar surface area (TPSA) is 77.8 Å². The number of aromatic nitrogens is 3. The largest absolute Gasteiger partial charge is 0.495 e. The average Bonchev–Trinajstić information content (AvgIpc) is 3.17. The summed E-state index contributed by atoms with van der Waals surface area (Å²) in [5.74, 6) is 0.0957. The van der Waals surface area contributed by atoms with E-state index in [1.54, 1.807) is 34.9 Å². The second-order valence-electron chi connectivity index (χ2n) is 6.14. The van der Waals surface area contributed by atoms with Gasteiger partial charge in [-0.05, 0) is 36.4 Å². The first kappa shape index (κ1) is 18.4. The van der Waals surface area contributed by atoms with Crippen LogP contribution in [0.1, 0.15) is 0 Å². The summed E-state index contributed by atoms with van der Waals surface area (Å²) in [6.45, 7) is -0.341. The fourth-order valence-electron chi connectivity index (χ4n) is 2.83. The second-order valence-corrected chi connectivity index (χ2v) is 6.14. The molecule has 0 aliphatic heterocycles. The minimum Gasteiger partial charge on any atom is -0.495 e. The number of amides is 1. The van der Waals surface area contributed by atoms with E-state index in [4.69, 9.17) is 9.47 Å². The Morgan fingerprint density at radius 2 is 2.03 bits per heavy atom. The van der Waals surface area contributed by atoms with E-state index in [9.17, 15) is 9.18 Å². The highest BCUT2D eigenvalue weighted by atomic mass is 19.1. The summed E-state index contributed by atoms with van der Waals surface area (Å²) in [6, 6.07) is 13.0. The zero-order valence-electron chi connectivity index (χ0n) is 15.5. The number of benzene rings is 2. The molecule has 0 spiro atoms. The van der Waals surface area contributed by atoms with Crippen molar-refractivity contribution >= 4 is 17.4 Å². The summed E-state index contributed by atoms with van der Waals surface area (Å²) in [6.07, 6.45) is 5.36. The van der Waals surface area contributed by atoms with E-state index in [0.29, 0.717) is 22.9 Å². The van der Waals surface area contributed by atoms with Crippen LogP contribution in [-0.4, -0.2) is 34.0 Å². The van der Waals surface area contributed by atoms with Crippen LogP contribution in [0.4, 0.5) is 10.1 Å². The Hall–Kier alpha value is -3.94. The Labute approximate surface area is 165 Å². The molecule has 1 amide bonds. The van der Waals surface area contributed by atoms with E-state index < -0.39 is 11.7 Å². The number of nitrogens with one attached hydrogen (secondary N) is 1. The Kier molecular flexibility index (Phi) is 5.07. The van der Waals surface area contributed by atoms with E-state index in [0.717, 1.165) is 5.56 Å². The Morgan fingerprint density at radius 1 is 1.17 bits per heavy atom. The van der Waals surface area contributed by atoms with Gasteiger partial charge in [-0.25, -0.2) is 14.4 Å². The summed E-state index contributed by atoms with van der Waals surface area (Å²) in [5, 5.41) is 2.73. The van der Waals surface area contributed by atoms with Gasteiger partial charge < -0.3 is 14.8 Å². The predicted molar refractivity (Wildman–Crippen MR) is 105 cm³/mol. The van der Waals surface area contributed by atoms with Crippen LogP contribution < -0.4 is 14.8 Å². The third-order valence-electron chi connectivity index (χ3n) is 4.20. The summed E-state index contributed by atoms with van der Waals surface area (Å²) >= 11 is 0. The van der Waals surface area contributed by atoms with Crippen molar-refractivity contribution in [3.05, 3.63) is 72.9 Å². The molecule has 2 heterocycles. The zero-order valence-corrected chi connectivity index (χ0v) is 15.5. The first-order chi connectivity index (χ1) is 14.1. The summed E-state index contributed by atoms with van der Waals surface area (Å²) < 4.78 is 26.0. The van der Waals surface area contributed by atoms with Crippen molar-refractivity contribution in [3.63, 3.8) is 0 Å². The fraction of sp³-hybridized carbons (Fsp3) is 0.0952. The van der Waals surface area contributed by atoms with Crippen LogP contribution in [0.5, 0.6) is 11.5 Å². The molecule has 2 aromatic heterocycles. The molecule has 2 aromatic carbocycles. The quantitative estimate of drug-likeness (QED) is 0.543. The second kappa shape index (κ2) is 7.97. The first-order valence-electron chi connectivity index (χ1n) is 8.79. The van der Waals surface area contributed by atoms with Crippen LogP contribution in [0.3, 0.4) is 0 Å². The summed E-state index contributed by atoms with van der Waals surface area (Å²) in [7, 11) is 1.51. The van der Waals surface area contributed by atoms with Crippen LogP contribution >= 0.6 is 0 Å². The maximum Gasteiger partial charge on any atom is 0.262 e. The number of imidazole rings is 1. The van der Waals surface area contributed by atoms with Crippen LogP contribution in [0, 0.1) is 5.82 Å². The maximum atomic E-state index is 13.6. The molecule has 7 nitrogen and oxygen atoms in total. The Morgan fingerprint density at radius 3 is 2.83 bits per heavy atom. The number of methoxy groups -OCH3 is 1. The van der Waals surface area contributed by atoms with Gasteiger partial charge in [0, 0.05) is 24.2 Å². The van der Waals surface area contributed by atoms with Crippen LogP contribution in [-0.2, 0) is 4.79 Å². The fourth-order valence-corrected chi connectivity index (χ4v) is 2.83. The zero-order chi connectivity index (χ0) is 20.2. The van der Waals surface area contributed by atoms with Gasteiger partial charge in [-0.2, -0.15) is 0 Å². The van der Waals surface area contributed by atoms with Crippen molar-refractivity contribution in [3.8, 4) is 22.8 Å². The van der Waals surface area contributed by atoms with Gasteiger partial charge in [-0.3, -0.25) is 9.20 Å². The number of ether oxygens (including phenoxy) is 2. The number of anilines is 1. The Bertz CT molecular complexity index is 1140. The molecule has 0 radical (unpaired) electrons. The molecule has 0 atom stereocenters. The van der Waals surface area contributed by atoms with Gasteiger partial charge in [0.1, 0.15) is 5.75 Å². The number of rotatable bonds is 6. The number of fused-ring (bicyclic) bond motifs is 1. The molecule has 8 heteroatoms. The van der Waals surface area contributed by atoms with Crippen molar-refractivity contribution in [2.45, 2.75) is 0 Å². The number of hydrogen-bond donors (Lipinski definition) is 1. The number of carbonyl (C=O) groups is 1. The van der Waals surface area contributed by atoms with E-state index in [-0.39, 0.29) is 12.4 Å². The van der Waals surface area contributed by atoms with Crippen molar-refractivity contribution in [1.29, 1.82) is 0 Å². The molecule has 0 bridgehead atoms. The minimum atomic E-state index is -0.527. The highest BCUT2D eigenvalue weighted by molar-refractivity contribution is 5.94.